The van der Waals surface area contributed by atoms with Gasteiger partial charge in [0.2, 0.25) is 5.91 Å². The van der Waals surface area contributed by atoms with Crippen molar-refractivity contribution in [2.24, 2.45) is 0 Å². The number of halogens is 1. The first-order chi connectivity index (χ1) is 13.0. The monoisotopic (exact) mass is 375 g/mol. The molecule has 2 atom stereocenters. The minimum Gasteiger partial charge on any atom is -0.337 e. The van der Waals surface area contributed by atoms with Crippen LogP contribution in [0.1, 0.15) is 49.9 Å². The van der Waals surface area contributed by atoms with E-state index < -0.39 is 0 Å². The summed E-state index contributed by atoms with van der Waals surface area (Å²) in [5.41, 5.74) is 0.511. The maximum atomic E-state index is 13.1. The zero-order valence-electron chi connectivity index (χ0n) is 16.4. The molecule has 1 aromatic carbocycles. The molecule has 0 saturated carbocycles. The molecule has 0 radical (unpaired) electrons. The topological polar surface area (TPSA) is 43.9 Å². The van der Waals surface area contributed by atoms with E-state index >= 15 is 0 Å². The summed E-state index contributed by atoms with van der Waals surface area (Å²) in [6.07, 6.45) is 4.19. The third-order valence-electron chi connectivity index (χ3n) is 5.81. The highest BCUT2D eigenvalue weighted by Crippen LogP contribution is 2.23. The summed E-state index contributed by atoms with van der Waals surface area (Å²) >= 11 is 0. The van der Waals surface area contributed by atoms with Gasteiger partial charge in [0.25, 0.3) is 5.91 Å². The Kier molecular flexibility index (Phi) is 6.47. The van der Waals surface area contributed by atoms with Crippen LogP contribution in [0.15, 0.2) is 24.3 Å². The molecule has 0 spiro atoms. The number of nitrogens with zero attached hydrogens (tertiary/aromatic N) is 3. The van der Waals surface area contributed by atoms with Crippen LogP contribution in [0.2, 0.25) is 0 Å². The molecule has 0 N–H and O–H groups in total. The van der Waals surface area contributed by atoms with Crippen LogP contribution in [-0.4, -0.2) is 71.3 Å². The second-order valence-electron chi connectivity index (χ2n) is 7.86. The van der Waals surface area contributed by atoms with Crippen molar-refractivity contribution < 1.29 is 14.0 Å². The number of hydrogen-bond acceptors (Lipinski definition) is 3. The average molecular weight is 375 g/mol. The molecule has 2 aliphatic heterocycles. The Bertz CT molecular complexity index is 654. The SMILES string of the molecule is CC1CCCC(C)N1C(=O)CN1CCCN(C(=O)c2ccc(F)cc2)CC1. The highest BCUT2D eigenvalue weighted by molar-refractivity contribution is 5.94. The van der Waals surface area contributed by atoms with Gasteiger partial charge >= 0.3 is 0 Å². The third kappa shape index (κ3) is 4.86. The zero-order valence-corrected chi connectivity index (χ0v) is 16.4. The highest BCUT2D eigenvalue weighted by Gasteiger charge is 2.30. The Morgan fingerprint density at radius 1 is 0.963 bits per heavy atom. The molecular weight excluding hydrogens is 345 g/mol. The van der Waals surface area contributed by atoms with E-state index in [2.05, 4.69) is 23.6 Å². The van der Waals surface area contributed by atoms with Crippen molar-refractivity contribution in [1.29, 1.82) is 0 Å². The summed E-state index contributed by atoms with van der Waals surface area (Å²) in [5, 5.41) is 0. The van der Waals surface area contributed by atoms with E-state index in [0.717, 1.165) is 25.8 Å². The summed E-state index contributed by atoms with van der Waals surface area (Å²) in [6.45, 7) is 7.46. The number of amides is 2. The van der Waals surface area contributed by atoms with E-state index in [1.165, 1.54) is 30.7 Å². The predicted molar refractivity (Wildman–Crippen MR) is 103 cm³/mol. The number of benzene rings is 1. The fourth-order valence-electron chi connectivity index (χ4n) is 4.29. The number of hydrogen-bond donors (Lipinski definition) is 0. The first-order valence-electron chi connectivity index (χ1n) is 10.0. The molecule has 2 saturated heterocycles. The second-order valence-corrected chi connectivity index (χ2v) is 7.86. The molecule has 6 heteroatoms. The average Bonchev–Trinajstić information content (AvgIpc) is 2.87. The van der Waals surface area contributed by atoms with Crippen LogP contribution in [-0.2, 0) is 4.79 Å². The van der Waals surface area contributed by atoms with Gasteiger partial charge in [0, 0.05) is 43.8 Å². The summed E-state index contributed by atoms with van der Waals surface area (Å²) in [5.74, 6) is -0.206. The summed E-state index contributed by atoms with van der Waals surface area (Å²) < 4.78 is 13.1. The van der Waals surface area contributed by atoms with Gasteiger partial charge in [0.1, 0.15) is 5.82 Å². The first-order valence-corrected chi connectivity index (χ1v) is 10.0. The lowest BCUT2D eigenvalue weighted by atomic mass is 9.97. The molecule has 1 aromatic rings. The minimum atomic E-state index is -0.340. The number of likely N-dealkylation sites (tertiary alicyclic amines) is 1. The van der Waals surface area contributed by atoms with Crippen LogP contribution in [0.25, 0.3) is 0 Å². The lowest BCUT2D eigenvalue weighted by molar-refractivity contribution is -0.138. The minimum absolute atomic E-state index is 0.0681. The summed E-state index contributed by atoms with van der Waals surface area (Å²) in [7, 11) is 0. The van der Waals surface area contributed by atoms with Crippen LogP contribution in [0.5, 0.6) is 0 Å². The fraction of sp³-hybridized carbons (Fsp3) is 0.619. The van der Waals surface area contributed by atoms with Crippen LogP contribution < -0.4 is 0 Å². The molecule has 0 aromatic heterocycles. The summed E-state index contributed by atoms with van der Waals surface area (Å²) in [4.78, 5) is 31.5. The normalized spacial score (nSPS) is 24.6. The Labute approximate surface area is 161 Å². The highest BCUT2D eigenvalue weighted by atomic mass is 19.1. The number of carbonyl (C=O) groups excluding carboxylic acids is 2. The van der Waals surface area contributed by atoms with E-state index in [9.17, 15) is 14.0 Å². The maximum absolute atomic E-state index is 13.1. The van der Waals surface area contributed by atoms with Gasteiger partial charge in [-0.3, -0.25) is 14.5 Å². The van der Waals surface area contributed by atoms with Gasteiger partial charge in [-0.05, 0) is 63.8 Å². The molecular formula is C21H30FN3O2. The quantitative estimate of drug-likeness (QED) is 0.816. The van der Waals surface area contributed by atoms with Crippen molar-refractivity contribution in [3.05, 3.63) is 35.6 Å². The molecule has 2 unspecified atom stereocenters. The molecule has 27 heavy (non-hydrogen) atoms. The van der Waals surface area contributed by atoms with Crippen molar-refractivity contribution in [2.45, 2.75) is 51.6 Å². The largest absolute Gasteiger partial charge is 0.337 e. The standard InChI is InChI=1S/C21H30FN3O2/c1-16-5-3-6-17(2)25(16)20(26)15-23-11-4-12-24(14-13-23)21(27)18-7-9-19(22)10-8-18/h7-10,16-17H,3-6,11-15H2,1-2H3. The summed E-state index contributed by atoms with van der Waals surface area (Å²) in [6, 6.07) is 6.31. The number of rotatable bonds is 3. The lowest BCUT2D eigenvalue weighted by Gasteiger charge is -2.40. The van der Waals surface area contributed by atoms with Gasteiger partial charge in [-0.1, -0.05) is 0 Å². The van der Waals surface area contributed by atoms with Gasteiger partial charge in [0.15, 0.2) is 0 Å². The first kappa shape index (κ1) is 19.8. The van der Waals surface area contributed by atoms with Crippen LogP contribution in [0.4, 0.5) is 4.39 Å². The number of piperidine rings is 1. The molecule has 3 rings (SSSR count). The molecule has 5 nitrogen and oxygen atoms in total. The van der Waals surface area contributed by atoms with Gasteiger partial charge in [0.05, 0.1) is 6.54 Å². The molecule has 2 heterocycles. The van der Waals surface area contributed by atoms with E-state index in [1.807, 2.05) is 4.90 Å². The lowest BCUT2D eigenvalue weighted by Crippen LogP contribution is -2.51. The van der Waals surface area contributed by atoms with Gasteiger partial charge in [-0.2, -0.15) is 0 Å². The van der Waals surface area contributed by atoms with Gasteiger partial charge in [-0.15, -0.1) is 0 Å². The van der Waals surface area contributed by atoms with E-state index in [-0.39, 0.29) is 17.6 Å². The molecule has 148 valence electrons. The molecule has 2 amide bonds. The van der Waals surface area contributed by atoms with Crippen molar-refractivity contribution in [3.63, 3.8) is 0 Å². The Hall–Kier alpha value is -1.95. The Morgan fingerprint density at radius 2 is 1.63 bits per heavy atom. The second kappa shape index (κ2) is 8.83. The Morgan fingerprint density at radius 3 is 2.30 bits per heavy atom. The molecule has 0 bridgehead atoms. The zero-order chi connectivity index (χ0) is 19.4. The Balaban J connectivity index is 1.55. The fourth-order valence-corrected chi connectivity index (χ4v) is 4.29. The third-order valence-corrected chi connectivity index (χ3v) is 5.81. The van der Waals surface area contributed by atoms with Crippen LogP contribution in [0, 0.1) is 5.82 Å². The van der Waals surface area contributed by atoms with Crippen LogP contribution >= 0.6 is 0 Å². The van der Waals surface area contributed by atoms with E-state index in [4.69, 9.17) is 0 Å². The molecule has 0 aliphatic carbocycles. The van der Waals surface area contributed by atoms with Crippen molar-refractivity contribution >= 4 is 11.8 Å². The van der Waals surface area contributed by atoms with Gasteiger partial charge < -0.3 is 9.80 Å². The molecule has 2 aliphatic rings. The number of carbonyl (C=O) groups is 2. The maximum Gasteiger partial charge on any atom is 0.253 e. The van der Waals surface area contributed by atoms with Crippen LogP contribution in [0.3, 0.4) is 0 Å². The molecule has 2 fully saturated rings. The van der Waals surface area contributed by atoms with Crippen molar-refractivity contribution in [1.82, 2.24) is 14.7 Å². The van der Waals surface area contributed by atoms with Crippen molar-refractivity contribution in [3.8, 4) is 0 Å². The van der Waals surface area contributed by atoms with Crippen molar-refractivity contribution in [2.75, 3.05) is 32.7 Å². The van der Waals surface area contributed by atoms with Gasteiger partial charge in [-0.25, -0.2) is 4.39 Å². The van der Waals surface area contributed by atoms with E-state index in [0.29, 0.717) is 43.8 Å². The predicted octanol–water partition coefficient (Wildman–Crippen LogP) is 2.76. The van der Waals surface area contributed by atoms with E-state index in [1.54, 1.807) is 0 Å². The smallest absolute Gasteiger partial charge is 0.253 e.